The number of hydrogen-bond donors (Lipinski definition) is 0. The first-order valence-electron chi connectivity index (χ1n) is 9.83. The van der Waals surface area contributed by atoms with Crippen molar-refractivity contribution in [1.82, 2.24) is 14.8 Å². The Kier molecular flexibility index (Phi) is 4.71. The third-order valence-corrected chi connectivity index (χ3v) is 6.21. The number of fused-ring (bicyclic) bond motifs is 1. The smallest absolute Gasteiger partial charge is 0.256 e. The SMILES string of the molecule is Cc1nc2c(cc1CN1CCC(F)(F)CC1)C(=O)N(C1CCCCC1)C2. The minimum atomic E-state index is -2.53. The molecule has 0 radical (unpaired) electrons. The van der Waals surface area contributed by atoms with E-state index >= 15 is 0 Å². The largest absolute Gasteiger partial charge is 0.330 e. The van der Waals surface area contributed by atoms with Crippen molar-refractivity contribution in [2.24, 2.45) is 0 Å². The molecule has 0 spiro atoms. The zero-order chi connectivity index (χ0) is 18.3. The Morgan fingerprint density at radius 2 is 1.88 bits per heavy atom. The molecule has 3 aliphatic rings. The van der Waals surface area contributed by atoms with Crippen molar-refractivity contribution in [3.05, 3.63) is 28.6 Å². The third kappa shape index (κ3) is 3.48. The number of rotatable bonds is 3. The van der Waals surface area contributed by atoms with E-state index in [0.29, 0.717) is 32.2 Å². The Morgan fingerprint density at radius 1 is 1.19 bits per heavy atom. The molecule has 4 rings (SSSR count). The van der Waals surface area contributed by atoms with Crippen molar-refractivity contribution in [2.45, 2.75) is 76.9 Å². The van der Waals surface area contributed by atoms with Gasteiger partial charge >= 0.3 is 0 Å². The molecular formula is C20H27F2N3O. The van der Waals surface area contributed by atoms with Crippen molar-refractivity contribution in [3.63, 3.8) is 0 Å². The van der Waals surface area contributed by atoms with Crippen LogP contribution in [0.1, 0.15) is 72.3 Å². The van der Waals surface area contributed by atoms with E-state index in [1.807, 2.05) is 22.8 Å². The molecule has 2 aliphatic heterocycles. The van der Waals surface area contributed by atoms with E-state index in [1.54, 1.807) is 0 Å². The number of carbonyl (C=O) groups is 1. The van der Waals surface area contributed by atoms with Crippen LogP contribution in [-0.2, 0) is 13.1 Å². The van der Waals surface area contributed by atoms with Gasteiger partial charge in [0, 0.05) is 44.2 Å². The van der Waals surface area contributed by atoms with Gasteiger partial charge in [0.15, 0.2) is 0 Å². The van der Waals surface area contributed by atoms with Crippen molar-refractivity contribution < 1.29 is 13.6 Å². The molecule has 1 aromatic heterocycles. The second-order valence-corrected chi connectivity index (χ2v) is 8.08. The molecule has 1 saturated heterocycles. The van der Waals surface area contributed by atoms with Crippen LogP contribution in [0.25, 0.3) is 0 Å². The number of likely N-dealkylation sites (tertiary alicyclic amines) is 1. The van der Waals surface area contributed by atoms with E-state index in [9.17, 15) is 13.6 Å². The first kappa shape index (κ1) is 17.8. The van der Waals surface area contributed by atoms with Gasteiger partial charge in [0.05, 0.1) is 17.8 Å². The highest BCUT2D eigenvalue weighted by Crippen LogP contribution is 2.32. The molecule has 6 heteroatoms. The van der Waals surface area contributed by atoms with Gasteiger partial charge < -0.3 is 4.90 Å². The van der Waals surface area contributed by atoms with Gasteiger partial charge in [0.1, 0.15) is 0 Å². The van der Waals surface area contributed by atoms with Crippen LogP contribution in [0.4, 0.5) is 8.78 Å². The normalized spacial score (nSPS) is 24.1. The average Bonchev–Trinajstić information content (AvgIpc) is 2.94. The molecule has 0 bridgehead atoms. The van der Waals surface area contributed by atoms with Gasteiger partial charge in [-0.3, -0.25) is 14.7 Å². The van der Waals surface area contributed by atoms with Crippen molar-refractivity contribution in [1.29, 1.82) is 0 Å². The molecule has 4 nitrogen and oxygen atoms in total. The first-order chi connectivity index (χ1) is 12.4. The van der Waals surface area contributed by atoms with E-state index in [1.165, 1.54) is 19.3 Å². The van der Waals surface area contributed by atoms with Crippen molar-refractivity contribution in [3.8, 4) is 0 Å². The van der Waals surface area contributed by atoms with Crippen molar-refractivity contribution in [2.75, 3.05) is 13.1 Å². The second-order valence-electron chi connectivity index (χ2n) is 8.08. The maximum atomic E-state index is 13.4. The molecule has 3 heterocycles. The zero-order valence-corrected chi connectivity index (χ0v) is 15.4. The molecule has 1 amide bonds. The molecule has 1 saturated carbocycles. The van der Waals surface area contributed by atoms with Crippen molar-refractivity contribution >= 4 is 5.91 Å². The summed E-state index contributed by atoms with van der Waals surface area (Å²) in [7, 11) is 0. The molecule has 0 aromatic carbocycles. The number of alkyl halides is 2. The first-order valence-corrected chi connectivity index (χ1v) is 9.83. The fourth-order valence-corrected chi connectivity index (χ4v) is 4.52. The van der Waals surface area contributed by atoms with Gasteiger partial charge in [-0.25, -0.2) is 8.78 Å². The summed E-state index contributed by atoms with van der Waals surface area (Å²) in [5.74, 6) is -2.43. The summed E-state index contributed by atoms with van der Waals surface area (Å²) in [6, 6.07) is 2.31. The summed E-state index contributed by atoms with van der Waals surface area (Å²) in [6.45, 7) is 3.97. The lowest BCUT2D eigenvalue weighted by Crippen LogP contribution is -2.39. The van der Waals surface area contributed by atoms with E-state index in [4.69, 9.17) is 4.98 Å². The molecular weight excluding hydrogens is 336 g/mol. The molecule has 142 valence electrons. The Labute approximate surface area is 153 Å². The predicted molar refractivity (Wildman–Crippen MR) is 95.2 cm³/mol. The average molecular weight is 363 g/mol. The monoisotopic (exact) mass is 363 g/mol. The van der Waals surface area contributed by atoms with E-state index in [-0.39, 0.29) is 18.7 Å². The van der Waals surface area contributed by atoms with Crippen LogP contribution in [0.15, 0.2) is 6.07 Å². The maximum Gasteiger partial charge on any atom is 0.256 e. The number of halogens is 2. The summed E-state index contributed by atoms with van der Waals surface area (Å²) < 4.78 is 26.7. The molecule has 26 heavy (non-hydrogen) atoms. The van der Waals surface area contributed by atoms with Crippen LogP contribution in [-0.4, -0.2) is 45.7 Å². The summed E-state index contributed by atoms with van der Waals surface area (Å²) >= 11 is 0. The van der Waals surface area contributed by atoms with Gasteiger partial charge in [-0.2, -0.15) is 0 Å². The van der Waals surface area contributed by atoms with Gasteiger partial charge in [-0.15, -0.1) is 0 Å². The number of aryl methyl sites for hydroxylation is 1. The summed E-state index contributed by atoms with van der Waals surface area (Å²) in [4.78, 5) is 21.7. The van der Waals surface area contributed by atoms with E-state index in [2.05, 4.69) is 0 Å². The molecule has 0 atom stereocenters. The van der Waals surface area contributed by atoms with Crippen LogP contribution in [0, 0.1) is 6.92 Å². The summed E-state index contributed by atoms with van der Waals surface area (Å²) in [6.07, 6.45) is 5.67. The van der Waals surface area contributed by atoms with E-state index in [0.717, 1.165) is 35.4 Å². The molecule has 1 aliphatic carbocycles. The highest BCUT2D eigenvalue weighted by molar-refractivity contribution is 5.98. The molecule has 0 N–H and O–H groups in total. The Bertz CT molecular complexity index is 691. The standard InChI is InChI=1S/C20H27F2N3O/c1-14-15(12-24-9-7-20(21,22)8-10-24)11-17-18(23-14)13-25(19(17)26)16-5-3-2-4-6-16/h11,16H,2-10,12-13H2,1H3. The van der Waals surface area contributed by atoms with Crippen LogP contribution in [0.3, 0.4) is 0 Å². The number of nitrogens with zero attached hydrogens (tertiary/aromatic N) is 3. The fraction of sp³-hybridized carbons (Fsp3) is 0.700. The number of hydrogen-bond acceptors (Lipinski definition) is 3. The van der Waals surface area contributed by atoms with E-state index < -0.39 is 5.92 Å². The quantitative estimate of drug-likeness (QED) is 0.817. The highest BCUT2D eigenvalue weighted by Gasteiger charge is 2.36. The number of pyridine rings is 1. The third-order valence-electron chi connectivity index (χ3n) is 6.21. The Balaban J connectivity index is 1.49. The van der Waals surface area contributed by atoms with Gasteiger partial charge in [-0.05, 0) is 31.4 Å². The second kappa shape index (κ2) is 6.87. The lowest BCUT2D eigenvalue weighted by Gasteiger charge is -2.32. The minimum Gasteiger partial charge on any atom is -0.330 e. The lowest BCUT2D eigenvalue weighted by atomic mass is 9.94. The molecule has 2 fully saturated rings. The molecule has 0 unspecified atom stereocenters. The highest BCUT2D eigenvalue weighted by atomic mass is 19.3. The fourth-order valence-electron chi connectivity index (χ4n) is 4.52. The zero-order valence-electron chi connectivity index (χ0n) is 15.4. The topological polar surface area (TPSA) is 36.4 Å². The van der Waals surface area contributed by atoms with Crippen LogP contribution >= 0.6 is 0 Å². The molecule has 1 aromatic rings. The Hall–Kier alpha value is -1.56. The van der Waals surface area contributed by atoms with Crippen LogP contribution in [0.2, 0.25) is 0 Å². The van der Waals surface area contributed by atoms with Gasteiger partial charge in [0.2, 0.25) is 0 Å². The number of aromatic nitrogens is 1. The maximum absolute atomic E-state index is 13.4. The number of amides is 1. The van der Waals surface area contributed by atoms with Gasteiger partial charge in [-0.1, -0.05) is 19.3 Å². The number of carbonyl (C=O) groups excluding carboxylic acids is 1. The van der Waals surface area contributed by atoms with Gasteiger partial charge in [0.25, 0.3) is 11.8 Å². The number of piperidine rings is 1. The predicted octanol–water partition coefficient (Wildman–Crippen LogP) is 3.91. The summed E-state index contributed by atoms with van der Waals surface area (Å²) in [5.41, 5.74) is 3.51. The Morgan fingerprint density at radius 3 is 2.58 bits per heavy atom. The summed E-state index contributed by atoms with van der Waals surface area (Å²) in [5, 5.41) is 0. The minimum absolute atomic E-state index is 0.0845. The van der Waals surface area contributed by atoms with Crippen LogP contribution in [0.5, 0.6) is 0 Å². The van der Waals surface area contributed by atoms with Crippen LogP contribution < -0.4 is 0 Å². The lowest BCUT2D eigenvalue weighted by molar-refractivity contribution is -0.0566.